The molecule has 1 fully saturated rings. The Hall–Kier alpha value is -3.48. The molecule has 0 aliphatic carbocycles. The fourth-order valence-electron chi connectivity index (χ4n) is 4.96. The van der Waals surface area contributed by atoms with Crippen LogP contribution in [0.25, 0.3) is 10.9 Å². The van der Waals surface area contributed by atoms with Crippen molar-refractivity contribution in [2.24, 2.45) is 0 Å². The molecule has 37 heavy (non-hydrogen) atoms. The quantitative estimate of drug-likeness (QED) is 0.322. The Morgan fingerprint density at radius 3 is 2.30 bits per heavy atom. The number of carbonyl (C=O) groups excluding carboxylic acids is 2. The van der Waals surface area contributed by atoms with Gasteiger partial charge in [-0.15, -0.1) is 0 Å². The normalized spacial score (nSPS) is 13.7. The molecule has 0 bridgehead atoms. The highest BCUT2D eigenvalue weighted by Gasteiger charge is 2.26. The molecular formula is C29H27Cl2N3O3. The van der Waals surface area contributed by atoms with Crippen LogP contribution in [0, 0.1) is 6.92 Å². The standard InChI is InChI=1S/C29H27Cl2N3O3/c1-19-23(18-28(35)33-15-13-32(14-16-33)27-6-4-3-5-25(27)31)24-17-22(37-2)11-12-26(24)34(19)29(36)20-7-9-21(30)10-8-20/h3-12,17H,13-16,18H2,1-2H3. The summed E-state index contributed by atoms with van der Waals surface area (Å²) in [5.41, 5.74) is 3.82. The average molecular weight is 536 g/mol. The smallest absolute Gasteiger partial charge is 0.262 e. The molecule has 2 heterocycles. The molecule has 0 saturated carbocycles. The van der Waals surface area contributed by atoms with E-state index in [2.05, 4.69) is 4.90 Å². The molecule has 5 rings (SSSR count). The zero-order valence-electron chi connectivity index (χ0n) is 20.7. The first kappa shape index (κ1) is 25.2. The van der Waals surface area contributed by atoms with Gasteiger partial charge in [0.25, 0.3) is 5.91 Å². The highest BCUT2D eigenvalue weighted by Crippen LogP contribution is 2.32. The van der Waals surface area contributed by atoms with E-state index < -0.39 is 0 Å². The summed E-state index contributed by atoms with van der Waals surface area (Å²) < 4.78 is 7.13. The van der Waals surface area contributed by atoms with Crippen molar-refractivity contribution in [2.75, 3.05) is 38.2 Å². The number of anilines is 1. The van der Waals surface area contributed by atoms with Gasteiger partial charge in [0.05, 0.1) is 29.8 Å². The summed E-state index contributed by atoms with van der Waals surface area (Å²) in [6, 6.07) is 20.2. The van der Waals surface area contributed by atoms with Gasteiger partial charge in [-0.2, -0.15) is 0 Å². The zero-order chi connectivity index (χ0) is 26.1. The van der Waals surface area contributed by atoms with Gasteiger partial charge >= 0.3 is 0 Å². The van der Waals surface area contributed by atoms with Crippen LogP contribution in [0.15, 0.2) is 66.7 Å². The van der Waals surface area contributed by atoms with E-state index in [1.165, 1.54) is 0 Å². The number of aromatic nitrogens is 1. The SMILES string of the molecule is COc1ccc2c(c1)c(CC(=O)N1CCN(c3ccccc3Cl)CC1)c(C)n2C(=O)c1ccc(Cl)cc1. The number of fused-ring (bicyclic) bond motifs is 1. The number of rotatable bonds is 5. The lowest BCUT2D eigenvalue weighted by Gasteiger charge is -2.36. The van der Waals surface area contributed by atoms with Crippen LogP contribution in [0.5, 0.6) is 5.75 Å². The molecule has 0 unspecified atom stereocenters. The van der Waals surface area contributed by atoms with E-state index in [4.69, 9.17) is 27.9 Å². The molecule has 1 aromatic heterocycles. The fourth-order valence-corrected chi connectivity index (χ4v) is 5.34. The Balaban J connectivity index is 1.42. The second-order valence-corrected chi connectivity index (χ2v) is 9.93. The molecule has 3 aromatic carbocycles. The number of ether oxygens (including phenoxy) is 1. The van der Waals surface area contributed by atoms with Crippen molar-refractivity contribution >= 4 is 51.6 Å². The molecule has 0 atom stereocenters. The van der Waals surface area contributed by atoms with Crippen molar-refractivity contribution in [3.63, 3.8) is 0 Å². The van der Waals surface area contributed by atoms with Crippen LogP contribution in [0.1, 0.15) is 21.6 Å². The molecule has 190 valence electrons. The molecular weight excluding hydrogens is 509 g/mol. The van der Waals surface area contributed by atoms with Gasteiger partial charge in [-0.3, -0.25) is 14.2 Å². The van der Waals surface area contributed by atoms with E-state index >= 15 is 0 Å². The summed E-state index contributed by atoms with van der Waals surface area (Å²) in [4.78, 5) is 31.1. The lowest BCUT2D eigenvalue weighted by atomic mass is 10.1. The first-order valence-electron chi connectivity index (χ1n) is 12.1. The van der Waals surface area contributed by atoms with Crippen molar-refractivity contribution in [3.8, 4) is 5.75 Å². The van der Waals surface area contributed by atoms with Crippen molar-refractivity contribution in [1.82, 2.24) is 9.47 Å². The minimum absolute atomic E-state index is 0.0303. The first-order valence-corrected chi connectivity index (χ1v) is 12.9. The number of carbonyl (C=O) groups is 2. The molecule has 1 aliphatic heterocycles. The molecule has 1 aliphatic rings. The second-order valence-electron chi connectivity index (χ2n) is 9.09. The molecule has 8 heteroatoms. The number of hydrogen-bond donors (Lipinski definition) is 0. The maximum Gasteiger partial charge on any atom is 0.262 e. The third kappa shape index (κ3) is 4.91. The Kier molecular flexibility index (Phi) is 7.13. The average Bonchev–Trinajstić information content (AvgIpc) is 3.19. The topological polar surface area (TPSA) is 54.8 Å². The molecule has 4 aromatic rings. The number of hydrogen-bond acceptors (Lipinski definition) is 4. The number of benzene rings is 3. The molecule has 0 N–H and O–H groups in total. The van der Waals surface area contributed by atoms with Gasteiger partial charge < -0.3 is 14.5 Å². The number of nitrogens with zero attached hydrogens (tertiary/aromatic N) is 3. The van der Waals surface area contributed by atoms with E-state index in [9.17, 15) is 9.59 Å². The number of halogens is 2. The summed E-state index contributed by atoms with van der Waals surface area (Å²) in [5, 5.41) is 2.11. The van der Waals surface area contributed by atoms with Crippen LogP contribution in [-0.2, 0) is 11.2 Å². The summed E-state index contributed by atoms with van der Waals surface area (Å²) in [5.74, 6) is 0.532. The Bertz CT molecular complexity index is 1470. The van der Waals surface area contributed by atoms with Crippen molar-refractivity contribution in [2.45, 2.75) is 13.3 Å². The summed E-state index contributed by atoms with van der Waals surface area (Å²) in [6.07, 6.45) is 0.197. The molecule has 0 radical (unpaired) electrons. The van der Waals surface area contributed by atoms with Crippen LogP contribution in [0.3, 0.4) is 0 Å². The van der Waals surface area contributed by atoms with Gasteiger partial charge in [0.15, 0.2) is 0 Å². The predicted molar refractivity (Wildman–Crippen MR) is 148 cm³/mol. The van der Waals surface area contributed by atoms with Gasteiger partial charge in [0, 0.05) is 47.8 Å². The summed E-state index contributed by atoms with van der Waals surface area (Å²) in [6.45, 7) is 4.51. The molecule has 1 amide bonds. The lowest BCUT2D eigenvalue weighted by Crippen LogP contribution is -2.49. The largest absolute Gasteiger partial charge is 0.497 e. The van der Waals surface area contributed by atoms with E-state index in [0.29, 0.717) is 47.5 Å². The number of para-hydroxylation sites is 1. The first-order chi connectivity index (χ1) is 17.9. The van der Waals surface area contributed by atoms with Crippen LogP contribution >= 0.6 is 23.2 Å². The number of amides is 1. The fraction of sp³-hybridized carbons (Fsp3) is 0.241. The van der Waals surface area contributed by atoms with E-state index in [1.807, 2.05) is 54.3 Å². The number of piperazine rings is 1. The molecule has 0 spiro atoms. The van der Waals surface area contributed by atoms with Gasteiger partial charge in [0.1, 0.15) is 5.75 Å². The maximum atomic E-state index is 13.5. The summed E-state index contributed by atoms with van der Waals surface area (Å²) >= 11 is 12.4. The van der Waals surface area contributed by atoms with Crippen LogP contribution in [-0.4, -0.2) is 54.6 Å². The van der Waals surface area contributed by atoms with Gasteiger partial charge in [-0.1, -0.05) is 35.3 Å². The van der Waals surface area contributed by atoms with Gasteiger partial charge in [-0.05, 0) is 67.1 Å². The van der Waals surface area contributed by atoms with Gasteiger partial charge in [0.2, 0.25) is 5.91 Å². The minimum atomic E-state index is -0.170. The van der Waals surface area contributed by atoms with Crippen LogP contribution < -0.4 is 9.64 Å². The summed E-state index contributed by atoms with van der Waals surface area (Å²) in [7, 11) is 1.60. The second kappa shape index (κ2) is 10.5. The highest BCUT2D eigenvalue weighted by molar-refractivity contribution is 6.33. The third-order valence-corrected chi connectivity index (χ3v) is 7.56. The Labute approximate surface area is 225 Å². The van der Waals surface area contributed by atoms with Gasteiger partial charge in [-0.25, -0.2) is 0 Å². The molecule has 6 nitrogen and oxygen atoms in total. The maximum absolute atomic E-state index is 13.5. The zero-order valence-corrected chi connectivity index (χ0v) is 22.2. The Morgan fingerprint density at radius 2 is 1.62 bits per heavy atom. The lowest BCUT2D eigenvalue weighted by molar-refractivity contribution is -0.130. The monoisotopic (exact) mass is 535 g/mol. The van der Waals surface area contributed by atoms with E-state index in [1.54, 1.807) is 35.9 Å². The van der Waals surface area contributed by atoms with E-state index in [0.717, 1.165) is 27.8 Å². The van der Waals surface area contributed by atoms with E-state index in [-0.39, 0.29) is 18.2 Å². The Morgan fingerprint density at radius 1 is 0.919 bits per heavy atom. The number of methoxy groups -OCH3 is 1. The molecule has 1 saturated heterocycles. The minimum Gasteiger partial charge on any atom is -0.497 e. The van der Waals surface area contributed by atoms with Crippen molar-refractivity contribution in [1.29, 1.82) is 0 Å². The van der Waals surface area contributed by atoms with Crippen molar-refractivity contribution < 1.29 is 14.3 Å². The predicted octanol–water partition coefficient (Wildman–Crippen LogP) is 5.84. The highest BCUT2D eigenvalue weighted by atomic mass is 35.5. The van der Waals surface area contributed by atoms with Crippen molar-refractivity contribution in [3.05, 3.63) is 93.6 Å². The van der Waals surface area contributed by atoms with Crippen LogP contribution in [0.4, 0.5) is 5.69 Å². The van der Waals surface area contributed by atoms with Crippen LogP contribution in [0.2, 0.25) is 10.0 Å². The third-order valence-electron chi connectivity index (χ3n) is 6.99.